The van der Waals surface area contributed by atoms with Gasteiger partial charge in [0.1, 0.15) is 23.0 Å². The molecular formula is C58H37N3OS. The molecule has 5 heteroatoms. The zero-order chi connectivity index (χ0) is 41.4. The summed E-state index contributed by atoms with van der Waals surface area (Å²) >= 11 is 1.82. The molecule has 0 saturated heterocycles. The number of aliphatic imine (C=N–C) groups is 1. The monoisotopic (exact) mass is 823 g/mol. The summed E-state index contributed by atoms with van der Waals surface area (Å²) in [5.74, 6) is 0.852. The molecular weight excluding hydrogens is 787 g/mol. The minimum absolute atomic E-state index is 0.267. The fourth-order valence-electron chi connectivity index (χ4n) is 9.66. The van der Waals surface area contributed by atoms with E-state index in [0.717, 1.165) is 61.4 Å². The van der Waals surface area contributed by atoms with E-state index in [1.54, 1.807) is 0 Å². The first kappa shape index (κ1) is 35.7. The number of hydrogen-bond donors (Lipinski definition) is 1. The quantitative estimate of drug-likeness (QED) is 0.181. The number of fused-ring (bicyclic) bond motifs is 9. The first-order valence-electron chi connectivity index (χ1n) is 21.4. The molecule has 296 valence electrons. The van der Waals surface area contributed by atoms with Gasteiger partial charge in [0.25, 0.3) is 0 Å². The lowest BCUT2D eigenvalue weighted by Gasteiger charge is -2.24. The van der Waals surface area contributed by atoms with Gasteiger partial charge in [-0.3, -0.25) is 4.99 Å². The third-order valence-electron chi connectivity index (χ3n) is 12.7. The molecule has 1 atom stereocenters. The van der Waals surface area contributed by atoms with Crippen molar-refractivity contribution in [2.24, 2.45) is 4.99 Å². The number of aromatic nitrogens is 1. The number of anilines is 1. The van der Waals surface area contributed by atoms with Crippen molar-refractivity contribution in [3.63, 3.8) is 0 Å². The van der Waals surface area contributed by atoms with E-state index in [4.69, 9.17) is 9.41 Å². The van der Waals surface area contributed by atoms with Gasteiger partial charge in [-0.15, -0.1) is 11.3 Å². The Labute approximate surface area is 367 Å². The average molecular weight is 824 g/mol. The molecule has 12 aromatic rings. The molecule has 1 aliphatic heterocycles. The van der Waals surface area contributed by atoms with Crippen molar-refractivity contribution in [2.75, 3.05) is 5.32 Å². The molecule has 0 amide bonds. The van der Waals surface area contributed by atoms with Gasteiger partial charge in [0.05, 0.1) is 21.6 Å². The molecule has 0 fully saturated rings. The topological polar surface area (TPSA) is 42.5 Å². The maximum Gasteiger partial charge on any atom is 0.135 e. The minimum atomic E-state index is -0.267. The van der Waals surface area contributed by atoms with Crippen LogP contribution >= 0.6 is 11.3 Å². The van der Waals surface area contributed by atoms with Crippen LogP contribution in [-0.2, 0) is 0 Å². The normalized spacial score (nSPS) is 13.8. The SMILES string of the molecule is c1ccc(-c2ccc(C3=NC(c4cccc5oc6ccc(-c7ccc8c(c7)c7ccccc7n8-c7ccccc7)cc6c45)c4sc5ccc(-c6ccccc6)cc5c4N3)cc2)cc1. The van der Waals surface area contributed by atoms with Gasteiger partial charge in [-0.1, -0.05) is 152 Å². The van der Waals surface area contributed by atoms with Crippen LogP contribution in [-0.4, -0.2) is 10.4 Å². The Morgan fingerprint density at radius 2 is 1.03 bits per heavy atom. The van der Waals surface area contributed by atoms with E-state index in [1.807, 2.05) is 11.3 Å². The summed E-state index contributed by atoms with van der Waals surface area (Å²) in [5.41, 5.74) is 15.6. The smallest absolute Gasteiger partial charge is 0.135 e. The van der Waals surface area contributed by atoms with Crippen LogP contribution in [0.1, 0.15) is 22.0 Å². The Balaban J connectivity index is 0.979. The number of amidine groups is 1. The van der Waals surface area contributed by atoms with Crippen molar-refractivity contribution in [1.82, 2.24) is 4.57 Å². The van der Waals surface area contributed by atoms with Gasteiger partial charge < -0.3 is 14.3 Å². The fourth-order valence-corrected chi connectivity index (χ4v) is 10.9. The Morgan fingerprint density at radius 1 is 0.444 bits per heavy atom. The first-order valence-corrected chi connectivity index (χ1v) is 22.2. The van der Waals surface area contributed by atoms with E-state index >= 15 is 0 Å². The van der Waals surface area contributed by atoms with Gasteiger partial charge in [0.2, 0.25) is 0 Å². The maximum atomic E-state index is 6.67. The summed E-state index contributed by atoms with van der Waals surface area (Å²) in [7, 11) is 0. The van der Waals surface area contributed by atoms with Crippen LogP contribution in [0.2, 0.25) is 0 Å². The standard InChI is InChI=1S/C58H37N3OS/c1-4-13-36(14-5-1)38-23-25-39(26-24-38)58-59-55(57-56(60-58)48-35-40(29-32-53(48)63-57)37-15-6-2-7-16-37)45-20-12-22-52-54(45)47-34-42(28-31-51(47)62-52)41-27-30-50-46(33-41)44-19-10-11-21-49(44)61(50)43-17-8-3-9-18-43/h1-35,55H,(H,59,60). The molecule has 0 radical (unpaired) electrons. The van der Waals surface area contributed by atoms with Gasteiger partial charge in [-0.05, 0) is 99.6 Å². The molecule has 1 aliphatic rings. The van der Waals surface area contributed by atoms with Gasteiger partial charge in [-0.25, -0.2) is 0 Å². The molecule has 4 heterocycles. The molecule has 0 bridgehead atoms. The number of nitrogens with one attached hydrogen (secondary N) is 1. The Kier molecular flexibility index (Phi) is 8.11. The third kappa shape index (κ3) is 5.85. The van der Waals surface area contributed by atoms with E-state index in [2.05, 4.69) is 222 Å². The number of hydrogen-bond acceptors (Lipinski definition) is 4. The lowest BCUT2D eigenvalue weighted by molar-refractivity contribution is 0.668. The van der Waals surface area contributed by atoms with E-state index in [1.165, 1.54) is 59.0 Å². The molecule has 9 aromatic carbocycles. The Morgan fingerprint density at radius 3 is 1.83 bits per heavy atom. The van der Waals surface area contributed by atoms with Gasteiger partial charge >= 0.3 is 0 Å². The highest BCUT2D eigenvalue weighted by molar-refractivity contribution is 7.20. The maximum absolute atomic E-state index is 6.67. The molecule has 0 spiro atoms. The second-order valence-corrected chi connectivity index (χ2v) is 17.4. The van der Waals surface area contributed by atoms with Crippen molar-refractivity contribution in [2.45, 2.75) is 6.04 Å². The van der Waals surface area contributed by atoms with E-state index in [9.17, 15) is 0 Å². The summed E-state index contributed by atoms with van der Waals surface area (Å²) < 4.78 is 10.3. The summed E-state index contributed by atoms with van der Waals surface area (Å²) in [6, 6.07) is 75.8. The second kappa shape index (κ2) is 14.3. The van der Waals surface area contributed by atoms with Gasteiger partial charge in [-0.2, -0.15) is 0 Å². The number of para-hydroxylation sites is 2. The van der Waals surface area contributed by atoms with Crippen LogP contribution in [0.3, 0.4) is 0 Å². The van der Waals surface area contributed by atoms with Crippen molar-refractivity contribution < 1.29 is 4.42 Å². The summed E-state index contributed by atoms with van der Waals surface area (Å²) in [5, 5.41) is 9.70. The van der Waals surface area contributed by atoms with Crippen molar-refractivity contribution in [3.8, 4) is 39.1 Å². The highest BCUT2D eigenvalue weighted by atomic mass is 32.1. The molecule has 4 nitrogen and oxygen atoms in total. The zero-order valence-electron chi connectivity index (χ0n) is 34.0. The summed E-state index contributed by atoms with van der Waals surface area (Å²) in [6.45, 7) is 0. The molecule has 0 aliphatic carbocycles. The number of furan rings is 1. The van der Waals surface area contributed by atoms with E-state index < -0.39 is 0 Å². The van der Waals surface area contributed by atoms with Crippen molar-refractivity contribution in [1.29, 1.82) is 0 Å². The van der Waals surface area contributed by atoms with Crippen molar-refractivity contribution in [3.05, 3.63) is 228 Å². The fraction of sp³-hybridized carbons (Fsp3) is 0.0172. The van der Waals surface area contributed by atoms with Gasteiger partial charge in [0.15, 0.2) is 0 Å². The molecule has 1 unspecified atom stereocenters. The van der Waals surface area contributed by atoms with Gasteiger partial charge in [0, 0.05) is 42.9 Å². The van der Waals surface area contributed by atoms with E-state index in [-0.39, 0.29) is 6.04 Å². The van der Waals surface area contributed by atoms with Crippen molar-refractivity contribution >= 4 is 76.7 Å². The molecule has 0 saturated carbocycles. The van der Waals surface area contributed by atoms with Crippen LogP contribution in [0.25, 0.3) is 92.9 Å². The van der Waals surface area contributed by atoms with Crippen LogP contribution in [0.5, 0.6) is 0 Å². The molecule has 63 heavy (non-hydrogen) atoms. The Bertz CT molecular complexity index is 3750. The highest BCUT2D eigenvalue weighted by Gasteiger charge is 2.30. The number of benzene rings is 9. The predicted molar refractivity (Wildman–Crippen MR) is 265 cm³/mol. The zero-order valence-corrected chi connectivity index (χ0v) is 34.8. The second-order valence-electron chi connectivity index (χ2n) is 16.3. The largest absolute Gasteiger partial charge is 0.456 e. The highest BCUT2D eigenvalue weighted by Crippen LogP contribution is 2.49. The third-order valence-corrected chi connectivity index (χ3v) is 13.9. The first-order chi connectivity index (χ1) is 31.2. The molecule has 13 rings (SSSR count). The Hall–Kier alpha value is -7.99. The lowest BCUT2D eigenvalue weighted by Crippen LogP contribution is -2.21. The van der Waals surface area contributed by atoms with Crippen LogP contribution in [0, 0.1) is 0 Å². The lowest BCUT2D eigenvalue weighted by atomic mass is 9.94. The van der Waals surface area contributed by atoms with Crippen LogP contribution < -0.4 is 5.32 Å². The average Bonchev–Trinajstić information content (AvgIpc) is 4.03. The van der Waals surface area contributed by atoms with Crippen LogP contribution in [0.4, 0.5) is 5.69 Å². The summed E-state index contributed by atoms with van der Waals surface area (Å²) in [4.78, 5) is 6.81. The predicted octanol–water partition coefficient (Wildman–Crippen LogP) is 15.9. The minimum Gasteiger partial charge on any atom is -0.456 e. The van der Waals surface area contributed by atoms with Crippen LogP contribution in [0.15, 0.2) is 222 Å². The summed E-state index contributed by atoms with van der Waals surface area (Å²) in [6.07, 6.45) is 0. The number of nitrogens with zero attached hydrogens (tertiary/aromatic N) is 2. The molecule has 3 aromatic heterocycles. The molecule has 1 N–H and O–H groups in total. The number of rotatable bonds is 6. The number of thiophene rings is 1. The van der Waals surface area contributed by atoms with E-state index in [0.29, 0.717) is 0 Å².